The summed E-state index contributed by atoms with van der Waals surface area (Å²) in [7, 11) is 2.99. The zero-order valence-electron chi connectivity index (χ0n) is 15.6. The van der Waals surface area contributed by atoms with E-state index in [1.807, 2.05) is 0 Å². The van der Waals surface area contributed by atoms with Gasteiger partial charge in [0, 0.05) is 12.6 Å². The van der Waals surface area contributed by atoms with E-state index in [2.05, 4.69) is 0 Å². The smallest absolute Gasteiger partial charge is 0.260 e. The Balaban J connectivity index is 2.06. The molecule has 1 atom stereocenters. The SMILES string of the molecule is COc1cc(C(C)=O)ccc1OCC(=O)N(C)C(C)c1ccc(F)c(F)c1. The number of methoxy groups -OCH3 is 1. The average Bonchev–Trinajstić information content (AvgIpc) is 2.66. The average molecular weight is 377 g/mol. The van der Waals surface area contributed by atoms with Crippen molar-refractivity contribution in [2.45, 2.75) is 19.9 Å². The summed E-state index contributed by atoms with van der Waals surface area (Å²) in [6.07, 6.45) is 0. The Morgan fingerprint density at radius 3 is 2.37 bits per heavy atom. The van der Waals surface area contributed by atoms with Gasteiger partial charge in [0.1, 0.15) is 0 Å². The highest BCUT2D eigenvalue weighted by Crippen LogP contribution is 2.28. The lowest BCUT2D eigenvalue weighted by atomic mass is 10.1. The van der Waals surface area contributed by atoms with Crippen LogP contribution in [0.4, 0.5) is 8.78 Å². The third kappa shape index (κ3) is 4.81. The van der Waals surface area contributed by atoms with Crippen LogP contribution >= 0.6 is 0 Å². The van der Waals surface area contributed by atoms with Crippen molar-refractivity contribution < 1.29 is 27.8 Å². The number of benzene rings is 2. The largest absolute Gasteiger partial charge is 0.493 e. The summed E-state index contributed by atoms with van der Waals surface area (Å²) < 4.78 is 37.2. The van der Waals surface area contributed by atoms with E-state index < -0.39 is 17.7 Å². The Morgan fingerprint density at radius 1 is 1.07 bits per heavy atom. The number of nitrogens with zero attached hydrogens (tertiary/aromatic N) is 1. The van der Waals surface area contributed by atoms with Gasteiger partial charge in [0.25, 0.3) is 5.91 Å². The van der Waals surface area contributed by atoms with Crippen molar-refractivity contribution >= 4 is 11.7 Å². The first kappa shape index (κ1) is 20.4. The van der Waals surface area contributed by atoms with E-state index in [0.717, 1.165) is 12.1 Å². The van der Waals surface area contributed by atoms with E-state index >= 15 is 0 Å². The first-order chi connectivity index (χ1) is 12.7. The number of amides is 1. The van der Waals surface area contributed by atoms with Gasteiger partial charge in [-0.3, -0.25) is 9.59 Å². The third-order valence-electron chi connectivity index (χ3n) is 4.32. The number of carbonyl (C=O) groups is 2. The van der Waals surface area contributed by atoms with Gasteiger partial charge in [0.2, 0.25) is 0 Å². The van der Waals surface area contributed by atoms with E-state index in [-0.39, 0.29) is 18.3 Å². The summed E-state index contributed by atoms with van der Waals surface area (Å²) in [4.78, 5) is 25.2. The van der Waals surface area contributed by atoms with Crippen LogP contribution in [0.3, 0.4) is 0 Å². The Labute approximate surface area is 156 Å². The second-order valence-corrected chi connectivity index (χ2v) is 6.06. The topological polar surface area (TPSA) is 55.8 Å². The molecule has 0 aromatic heterocycles. The molecular formula is C20H21F2NO4. The minimum absolute atomic E-state index is 0.115. The highest BCUT2D eigenvalue weighted by molar-refractivity contribution is 5.94. The van der Waals surface area contributed by atoms with Crippen molar-refractivity contribution in [2.75, 3.05) is 20.8 Å². The van der Waals surface area contributed by atoms with Crippen LogP contribution in [0.2, 0.25) is 0 Å². The molecule has 7 heteroatoms. The molecule has 2 aromatic rings. The third-order valence-corrected chi connectivity index (χ3v) is 4.32. The van der Waals surface area contributed by atoms with Crippen molar-refractivity contribution in [3.05, 3.63) is 59.2 Å². The summed E-state index contributed by atoms with van der Waals surface area (Å²) in [5.74, 6) is -1.71. The summed E-state index contributed by atoms with van der Waals surface area (Å²) in [5.41, 5.74) is 0.933. The zero-order valence-corrected chi connectivity index (χ0v) is 15.6. The number of rotatable bonds is 7. The summed E-state index contributed by atoms with van der Waals surface area (Å²) in [6.45, 7) is 2.86. The normalized spacial score (nSPS) is 11.6. The van der Waals surface area contributed by atoms with Gasteiger partial charge >= 0.3 is 0 Å². The van der Waals surface area contributed by atoms with Crippen molar-refractivity contribution in [3.63, 3.8) is 0 Å². The first-order valence-corrected chi connectivity index (χ1v) is 8.27. The fourth-order valence-corrected chi connectivity index (χ4v) is 2.46. The molecule has 0 spiro atoms. The molecule has 2 rings (SSSR count). The maximum atomic E-state index is 13.4. The maximum absolute atomic E-state index is 13.4. The zero-order chi connectivity index (χ0) is 20.1. The lowest BCUT2D eigenvalue weighted by molar-refractivity contribution is -0.134. The molecule has 0 aliphatic rings. The molecule has 0 bridgehead atoms. The highest BCUT2D eigenvalue weighted by atomic mass is 19.2. The van der Waals surface area contributed by atoms with Crippen LogP contribution in [0.25, 0.3) is 0 Å². The fourth-order valence-electron chi connectivity index (χ4n) is 2.46. The molecule has 0 fully saturated rings. The van der Waals surface area contributed by atoms with Crippen molar-refractivity contribution in [1.82, 2.24) is 4.90 Å². The maximum Gasteiger partial charge on any atom is 0.260 e. The number of Topliss-reactive ketones (excluding diaryl/α,β-unsaturated/α-hetero) is 1. The molecule has 0 saturated heterocycles. The molecule has 27 heavy (non-hydrogen) atoms. The molecule has 1 amide bonds. The van der Waals surface area contributed by atoms with Crippen molar-refractivity contribution in [2.24, 2.45) is 0 Å². The number of ketones is 1. The van der Waals surface area contributed by atoms with Crippen LogP contribution in [0.5, 0.6) is 11.5 Å². The van der Waals surface area contributed by atoms with E-state index in [1.165, 1.54) is 31.1 Å². The van der Waals surface area contributed by atoms with E-state index in [9.17, 15) is 18.4 Å². The van der Waals surface area contributed by atoms with Gasteiger partial charge in [0.15, 0.2) is 35.5 Å². The van der Waals surface area contributed by atoms with Gasteiger partial charge in [-0.15, -0.1) is 0 Å². The monoisotopic (exact) mass is 377 g/mol. The lowest BCUT2D eigenvalue weighted by Gasteiger charge is -2.25. The predicted molar refractivity (Wildman–Crippen MR) is 96.0 cm³/mol. The van der Waals surface area contributed by atoms with E-state index in [0.29, 0.717) is 22.6 Å². The molecule has 0 saturated carbocycles. The highest BCUT2D eigenvalue weighted by Gasteiger charge is 2.20. The van der Waals surface area contributed by atoms with Crippen LogP contribution < -0.4 is 9.47 Å². The van der Waals surface area contributed by atoms with Crippen molar-refractivity contribution in [3.8, 4) is 11.5 Å². The van der Waals surface area contributed by atoms with Crippen LogP contribution in [-0.2, 0) is 4.79 Å². The number of carbonyl (C=O) groups excluding carboxylic acids is 2. The molecule has 1 unspecified atom stereocenters. The van der Waals surface area contributed by atoms with E-state index in [1.54, 1.807) is 26.1 Å². The predicted octanol–water partition coefficient (Wildman–Crippen LogP) is 3.77. The van der Waals surface area contributed by atoms with Gasteiger partial charge in [-0.25, -0.2) is 8.78 Å². The first-order valence-electron chi connectivity index (χ1n) is 8.27. The van der Waals surface area contributed by atoms with Gasteiger partial charge < -0.3 is 14.4 Å². The molecule has 5 nitrogen and oxygen atoms in total. The second-order valence-electron chi connectivity index (χ2n) is 6.06. The number of ether oxygens (including phenoxy) is 2. The van der Waals surface area contributed by atoms with Gasteiger partial charge in [-0.2, -0.15) is 0 Å². The molecule has 0 aliphatic heterocycles. The lowest BCUT2D eigenvalue weighted by Crippen LogP contribution is -2.33. The summed E-state index contributed by atoms with van der Waals surface area (Å²) in [6, 6.07) is 7.72. The molecule has 2 aromatic carbocycles. The molecule has 0 radical (unpaired) electrons. The minimum atomic E-state index is -0.966. The van der Waals surface area contributed by atoms with Crippen LogP contribution in [0, 0.1) is 11.6 Å². The van der Waals surface area contributed by atoms with Crippen molar-refractivity contribution in [1.29, 1.82) is 0 Å². The van der Waals surface area contributed by atoms with E-state index in [4.69, 9.17) is 9.47 Å². The number of halogens is 2. The Hall–Kier alpha value is -2.96. The molecule has 0 heterocycles. The Bertz CT molecular complexity index is 854. The Morgan fingerprint density at radius 2 is 1.78 bits per heavy atom. The number of hydrogen-bond donors (Lipinski definition) is 0. The molecular weight excluding hydrogens is 356 g/mol. The van der Waals surface area contributed by atoms with Crippen LogP contribution in [0.1, 0.15) is 35.8 Å². The number of likely N-dealkylation sites (N-methyl/N-ethyl adjacent to an activating group) is 1. The van der Waals surface area contributed by atoms with Gasteiger partial charge in [0.05, 0.1) is 13.2 Å². The summed E-state index contributed by atoms with van der Waals surface area (Å²) >= 11 is 0. The fraction of sp³-hybridized carbons (Fsp3) is 0.300. The minimum Gasteiger partial charge on any atom is -0.493 e. The molecule has 0 N–H and O–H groups in total. The molecule has 144 valence electrons. The van der Waals surface area contributed by atoms with Crippen LogP contribution in [0.15, 0.2) is 36.4 Å². The number of hydrogen-bond acceptors (Lipinski definition) is 4. The second kappa shape index (κ2) is 8.62. The van der Waals surface area contributed by atoms with Gasteiger partial charge in [-0.1, -0.05) is 6.07 Å². The quantitative estimate of drug-likeness (QED) is 0.689. The molecule has 0 aliphatic carbocycles. The Kier molecular flexibility index (Phi) is 6.50. The van der Waals surface area contributed by atoms with Crippen LogP contribution in [-0.4, -0.2) is 37.4 Å². The summed E-state index contributed by atoms with van der Waals surface area (Å²) in [5, 5.41) is 0. The van der Waals surface area contributed by atoms with Gasteiger partial charge in [-0.05, 0) is 49.7 Å². The standard InChI is InChI=1S/C20H21F2NO4/c1-12(14-5-7-16(21)17(22)9-14)23(3)20(25)11-27-18-8-6-15(13(2)24)10-19(18)26-4/h5-10,12H,11H2,1-4H3.